The van der Waals surface area contributed by atoms with Crippen LogP contribution in [-0.2, 0) is 4.79 Å². The van der Waals surface area contributed by atoms with Crippen molar-refractivity contribution in [2.45, 2.75) is 18.9 Å². The van der Waals surface area contributed by atoms with Crippen molar-refractivity contribution in [1.82, 2.24) is 16.2 Å². The highest BCUT2D eigenvalue weighted by atomic mass is 16.2. The molecule has 0 aliphatic carbocycles. The molecule has 120 valence electrons. The van der Waals surface area contributed by atoms with Crippen LogP contribution < -0.4 is 16.2 Å². The topological polar surface area (TPSA) is 53.2 Å². The molecule has 0 spiro atoms. The first-order chi connectivity index (χ1) is 11.3. The number of carbonyl (C=O) groups is 1. The second kappa shape index (κ2) is 7.40. The highest BCUT2D eigenvalue weighted by Gasteiger charge is 2.33. The van der Waals surface area contributed by atoms with E-state index in [4.69, 9.17) is 0 Å². The van der Waals surface area contributed by atoms with Gasteiger partial charge in [0.25, 0.3) is 0 Å². The van der Waals surface area contributed by atoms with Crippen molar-refractivity contribution in [3.8, 4) is 0 Å². The molecule has 0 aromatic heterocycles. The van der Waals surface area contributed by atoms with Gasteiger partial charge in [-0.1, -0.05) is 67.6 Å². The molecular formula is C19H23N3O. The van der Waals surface area contributed by atoms with E-state index in [1.54, 1.807) is 0 Å². The Hall–Kier alpha value is -2.17. The Bertz CT molecular complexity index is 630. The zero-order valence-electron chi connectivity index (χ0n) is 13.3. The number of benzene rings is 2. The number of nitrogens with one attached hydrogen (secondary N) is 3. The number of amides is 1. The third kappa shape index (κ3) is 3.78. The Balaban J connectivity index is 1.59. The Morgan fingerprint density at radius 2 is 1.78 bits per heavy atom. The first-order valence-corrected chi connectivity index (χ1v) is 8.11. The maximum absolute atomic E-state index is 12.6. The lowest BCUT2D eigenvalue weighted by atomic mass is 9.94. The molecule has 1 saturated heterocycles. The van der Waals surface area contributed by atoms with E-state index >= 15 is 0 Å². The second-order valence-electron chi connectivity index (χ2n) is 6.08. The van der Waals surface area contributed by atoms with Crippen LogP contribution in [0.5, 0.6) is 0 Å². The SMILES string of the molecule is CC(CNC(=O)C1CNNC1c1ccccc1)c1ccccc1. The highest BCUT2D eigenvalue weighted by Crippen LogP contribution is 2.25. The van der Waals surface area contributed by atoms with E-state index in [1.165, 1.54) is 5.56 Å². The standard InChI is InChI=1S/C19H23N3O/c1-14(15-8-4-2-5-9-15)12-20-19(23)17-13-21-22-18(17)16-10-6-3-7-11-16/h2-11,14,17-18,21-22H,12-13H2,1H3,(H,20,23). The van der Waals surface area contributed by atoms with Crippen LogP contribution >= 0.6 is 0 Å². The van der Waals surface area contributed by atoms with Gasteiger partial charge in [0.15, 0.2) is 0 Å². The summed E-state index contributed by atoms with van der Waals surface area (Å²) in [5.74, 6) is 0.303. The van der Waals surface area contributed by atoms with E-state index in [-0.39, 0.29) is 17.9 Å². The summed E-state index contributed by atoms with van der Waals surface area (Å²) in [5.41, 5.74) is 8.70. The zero-order valence-corrected chi connectivity index (χ0v) is 13.3. The van der Waals surface area contributed by atoms with Gasteiger partial charge in [-0.2, -0.15) is 0 Å². The van der Waals surface area contributed by atoms with Gasteiger partial charge in [-0.05, 0) is 17.0 Å². The predicted octanol–water partition coefficient (Wildman–Crippen LogP) is 2.37. The third-order valence-corrected chi connectivity index (χ3v) is 4.43. The van der Waals surface area contributed by atoms with E-state index in [2.05, 4.69) is 47.4 Å². The summed E-state index contributed by atoms with van der Waals surface area (Å²) in [6, 6.07) is 20.4. The van der Waals surface area contributed by atoms with E-state index in [0.717, 1.165) is 5.56 Å². The van der Waals surface area contributed by atoms with Crippen LogP contribution in [0.4, 0.5) is 0 Å². The first kappa shape index (κ1) is 15.7. The average Bonchev–Trinajstić information content (AvgIpc) is 3.11. The molecule has 1 aliphatic rings. The van der Waals surface area contributed by atoms with Gasteiger partial charge < -0.3 is 5.32 Å². The molecule has 2 aromatic carbocycles. The molecule has 3 rings (SSSR count). The smallest absolute Gasteiger partial charge is 0.226 e. The van der Waals surface area contributed by atoms with E-state index < -0.39 is 0 Å². The third-order valence-electron chi connectivity index (χ3n) is 4.43. The van der Waals surface area contributed by atoms with Crippen LogP contribution in [0, 0.1) is 5.92 Å². The fourth-order valence-corrected chi connectivity index (χ4v) is 3.00. The van der Waals surface area contributed by atoms with Gasteiger partial charge in [0.1, 0.15) is 0 Å². The molecule has 2 aromatic rings. The summed E-state index contributed by atoms with van der Waals surface area (Å²) in [5, 5.41) is 3.10. The monoisotopic (exact) mass is 309 g/mol. The molecule has 0 bridgehead atoms. The maximum Gasteiger partial charge on any atom is 0.226 e. The molecule has 4 nitrogen and oxygen atoms in total. The molecule has 3 N–H and O–H groups in total. The van der Waals surface area contributed by atoms with Gasteiger partial charge in [-0.3, -0.25) is 10.2 Å². The van der Waals surface area contributed by atoms with E-state index in [1.807, 2.05) is 36.4 Å². The number of hydrogen-bond donors (Lipinski definition) is 3. The lowest BCUT2D eigenvalue weighted by Gasteiger charge is -2.20. The minimum Gasteiger partial charge on any atom is -0.355 e. The van der Waals surface area contributed by atoms with Crippen LogP contribution in [0.25, 0.3) is 0 Å². The minimum atomic E-state index is -0.0969. The van der Waals surface area contributed by atoms with Gasteiger partial charge in [0.05, 0.1) is 12.0 Å². The second-order valence-corrected chi connectivity index (χ2v) is 6.08. The summed E-state index contributed by atoms with van der Waals surface area (Å²) in [7, 11) is 0. The molecule has 3 unspecified atom stereocenters. The summed E-state index contributed by atoms with van der Waals surface area (Å²) < 4.78 is 0. The Morgan fingerprint density at radius 3 is 2.48 bits per heavy atom. The van der Waals surface area contributed by atoms with Crippen molar-refractivity contribution < 1.29 is 4.79 Å². The summed E-state index contributed by atoms with van der Waals surface area (Å²) in [6.07, 6.45) is 0. The molecular weight excluding hydrogens is 286 g/mol. The summed E-state index contributed by atoms with van der Waals surface area (Å²) >= 11 is 0. The number of carbonyl (C=O) groups excluding carboxylic acids is 1. The van der Waals surface area contributed by atoms with Crippen molar-refractivity contribution in [1.29, 1.82) is 0 Å². The fraction of sp³-hybridized carbons (Fsp3) is 0.316. The quantitative estimate of drug-likeness (QED) is 0.795. The van der Waals surface area contributed by atoms with Crippen molar-refractivity contribution in [3.63, 3.8) is 0 Å². The number of rotatable bonds is 5. The van der Waals surface area contributed by atoms with Gasteiger partial charge >= 0.3 is 0 Å². The molecule has 1 heterocycles. The molecule has 23 heavy (non-hydrogen) atoms. The van der Waals surface area contributed by atoms with Crippen molar-refractivity contribution in [2.24, 2.45) is 5.92 Å². The van der Waals surface area contributed by atoms with E-state index in [9.17, 15) is 4.79 Å². The van der Waals surface area contributed by atoms with Crippen LogP contribution in [0.2, 0.25) is 0 Å². The van der Waals surface area contributed by atoms with Gasteiger partial charge in [0.2, 0.25) is 5.91 Å². The van der Waals surface area contributed by atoms with Crippen molar-refractivity contribution in [2.75, 3.05) is 13.1 Å². The van der Waals surface area contributed by atoms with Gasteiger partial charge in [-0.25, -0.2) is 5.43 Å². The van der Waals surface area contributed by atoms with Gasteiger partial charge in [-0.15, -0.1) is 0 Å². The molecule has 4 heteroatoms. The Morgan fingerprint density at radius 1 is 1.13 bits per heavy atom. The van der Waals surface area contributed by atoms with E-state index in [0.29, 0.717) is 19.0 Å². The Kier molecular flexibility index (Phi) is 5.05. The summed E-state index contributed by atoms with van der Waals surface area (Å²) in [4.78, 5) is 12.6. The largest absolute Gasteiger partial charge is 0.355 e. The molecule has 0 radical (unpaired) electrons. The molecule has 3 atom stereocenters. The lowest BCUT2D eigenvalue weighted by Crippen LogP contribution is -2.36. The number of hydrazine groups is 1. The lowest BCUT2D eigenvalue weighted by molar-refractivity contribution is -0.125. The van der Waals surface area contributed by atoms with Crippen molar-refractivity contribution >= 4 is 5.91 Å². The van der Waals surface area contributed by atoms with Gasteiger partial charge in [0, 0.05) is 13.1 Å². The van der Waals surface area contributed by atoms with Crippen LogP contribution in [0.1, 0.15) is 30.0 Å². The average molecular weight is 309 g/mol. The van der Waals surface area contributed by atoms with Crippen molar-refractivity contribution in [3.05, 3.63) is 71.8 Å². The predicted molar refractivity (Wildman–Crippen MR) is 91.7 cm³/mol. The summed E-state index contributed by atoms with van der Waals surface area (Å²) in [6.45, 7) is 3.43. The molecule has 1 amide bonds. The number of hydrogen-bond acceptors (Lipinski definition) is 3. The van der Waals surface area contributed by atoms with Crippen LogP contribution in [0.15, 0.2) is 60.7 Å². The molecule has 0 saturated carbocycles. The van der Waals surface area contributed by atoms with Crippen LogP contribution in [0.3, 0.4) is 0 Å². The van der Waals surface area contributed by atoms with Crippen LogP contribution in [-0.4, -0.2) is 19.0 Å². The fourth-order valence-electron chi connectivity index (χ4n) is 3.00. The highest BCUT2D eigenvalue weighted by molar-refractivity contribution is 5.80. The Labute approximate surface area is 137 Å². The normalized spacial score (nSPS) is 21.8. The first-order valence-electron chi connectivity index (χ1n) is 8.11. The maximum atomic E-state index is 12.6. The minimum absolute atomic E-state index is 0.0169. The molecule has 1 aliphatic heterocycles. The molecule has 1 fully saturated rings. The zero-order chi connectivity index (χ0) is 16.1.